The van der Waals surface area contributed by atoms with Gasteiger partial charge in [0, 0.05) is 37.1 Å². The summed E-state index contributed by atoms with van der Waals surface area (Å²) >= 11 is 3.57. The molecule has 0 aromatic heterocycles. The fraction of sp³-hybridized carbons (Fsp3) is 0.588. The minimum atomic E-state index is 0.182. The van der Waals surface area contributed by atoms with Gasteiger partial charge in [-0.2, -0.15) is 0 Å². The first kappa shape index (κ1) is 16.5. The van der Waals surface area contributed by atoms with Crippen LogP contribution in [0.25, 0.3) is 0 Å². The van der Waals surface area contributed by atoms with Crippen molar-refractivity contribution in [3.63, 3.8) is 0 Å². The Morgan fingerprint density at radius 2 is 2.24 bits per heavy atom. The Morgan fingerprint density at radius 1 is 1.43 bits per heavy atom. The molecule has 0 saturated heterocycles. The van der Waals surface area contributed by atoms with E-state index in [2.05, 4.69) is 52.1 Å². The highest BCUT2D eigenvalue weighted by molar-refractivity contribution is 9.10. The van der Waals surface area contributed by atoms with Gasteiger partial charge < -0.3 is 5.32 Å². The van der Waals surface area contributed by atoms with Crippen LogP contribution in [0.2, 0.25) is 0 Å². The summed E-state index contributed by atoms with van der Waals surface area (Å²) in [6, 6.07) is 4.41. The summed E-state index contributed by atoms with van der Waals surface area (Å²) in [5.41, 5.74) is 4.23. The van der Waals surface area contributed by atoms with Crippen LogP contribution >= 0.6 is 15.9 Å². The third-order valence-corrected chi connectivity index (χ3v) is 4.57. The van der Waals surface area contributed by atoms with Crippen molar-refractivity contribution in [2.75, 3.05) is 19.6 Å². The highest BCUT2D eigenvalue weighted by atomic mass is 79.9. The molecule has 0 bridgehead atoms. The van der Waals surface area contributed by atoms with Gasteiger partial charge in [-0.1, -0.05) is 29.3 Å². The van der Waals surface area contributed by atoms with E-state index >= 15 is 0 Å². The predicted octanol–water partition coefficient (Wildman–Crippen LogP) is 3.42. The van der Waals surface area contributed by atoms with E-state index in [1.54, 1.807) is 0 Å². The second kappa shape index (κ2) is 7.95. The normalized spacial score (nSPS) is 14.8. The summed E-state index contributed by atoms with van der Waals surface area (Å²) < 4.78 is 1.17. The Morgan fingerprint density at radius 3 is 3.00 bits per heavy atom. The minimum absolute atomic E-state index is 0.182. The maximum atomic E-state index is 11.8. The standard InChI is InChI=1S/C17H25BrN2O/c1-3-4-7-19-17(21)6-9-20-8-5-14-11-15(18)10-13(2)16(14)12-20/h10-11H,3-9,12H2,1-2H3,(H,19,21). The molecular formula is C17H25BrN2O. The van der Waals surface area contributed by atoms with E-state index in [0.717, 1.165) is 45.4 Å². The Balaban J connectivity index is 1.83. The molecular weight excluding hydrogens is 328 g/mol. The van der Waals surface area contributed by atoms with E-state index in [4.69, 9.17) is 0 Å². The van der Waals surface area contributed by atoms with Crippen molar-refractivity contribution in [3.8, 4) is 0 Å². The lowest BCUT2D eigenvalue weighted by Gasteiger charge is -2.30. The molecule has 0 unspecified atom stereocenters. The number of fused-ring (bicyclic) bond motifs is 1. The Bertz CT molecular complexity index is 502. The molecule has 21 heavy (non-hydrogen) atoms. The number of halogens is 1. The van der Waals surface area contributed by atoms with Crippen LogP contribution in [0.3, 0.4) is 0 Å². The van der Waals surface area contributed by atoms with E-state index < -0.39 is 0 Å². The second-order valence-corrected chi connectivity index (χ2v) is 6.76. The number of hydrogen-bond acceptors (Lipinski definition) is 2. The molecule has 0 spiro atoms. The Kier molecular flexibility index (Phi) is 6.24. The lowest BCUT2D eigenvalue weighted by atomic mass is 9.95. The average molecular weight is 353 g/mol. The quantitative estimate of drug-likeness (QED) is 0.795. The monoisotopic (exact) mass is 352 g/mol. The molecule has 1 aliphatic heterocycles. The summed E-state index contributed by atoms with van der Waals surface area (Å²) in [6.45, 7) is 7.99. The zero-order valence-electron chi connectivity index (χ0n) is 13.0. The van der Waals surface area contributed by atoms with Crippen LogP contribution in [-0.4, -0.2) is 30.4 Å². The first-order valence-electron chi connectivity index (χ1n) is 7.87. The van der Waals surface area contributed by atoms with Crippen LogP contribution in [0, 0.1) is 6.92 Å². The van der Waals surface area contributed by atoms with Gasteiger partial charge in [0.15, 0.2) is 0 Å². The molecule has 1 aromatic rings. The van der Waals surface area contributed by atoms with Crippen molar-refractivity contribution >= 4 is 21.8 Å². The van der Waals surface area contributed by atoms with Gasteiger partial charge in [-0.25, -0.2) is 0 Å². The maximum absolute atomic E-state index is 11.8. The fourth-order valence-corrected chi connectivity index (χ4v) is 3.44. The van der Waals surface area contributed by atoms with Crippen LogP contribution in [0.1, 0.15) is 42.9 Å². The lowest BCUT2D eigenvalue weighted by Crippen LogP contribution is -2.35. The minimum Gasteiger partial charge on any atom is -0.356 e. The van der Waals surface area contributed by atoms with Gasteiger partial charge in [-0.15, -0.1) is 0 Å². The van der Waals surface area contributed by atoms with Crippen molar-refractivity contribution in [1.82, 2.24) is 10.2 Å². The van der Waals surface area contributed by atoms with E-state index in [0.29, 0.717) is 6.42 Å². The van der Waals surface area contributed by atoms with E-state index in [-0.39, 0.29) is 5.91 Å². The van der Waals surface area contributed by atoms with Crippen molar-refractivity contribution in [2.45, 2.75) is 46.1 Å². The number of aryl methyl sites for hydroxylation is 1. The van der Waals surface area contributed by atoms with Gasteiger partial charge in [-0.3, -0.25) is 9.69 Å². The van der Waals surface area contributed by atoms with Crippen molar-refractivity contribution in [2.24, 2.45) is 0 Å². The molecule has 0 radical (unpaired) electrons. The average Bonchev–Trinajstić information content (AvgIpc) is 2.45. The number of amides is 1. The molecule has 1 amide bonds. The zero-order chi connectivity index (χ0) is 15.2. The van der Waals surface area contributed by atoms with Gasteiger partial charge in [0.1, 0.15) is 0 Å². The molecule has 0 aliphatic carbocycles. The molecule has 1 heterocycles. The van der Waals surface area contributed by atoms with Gasteiger partial charge in [-0.05, 0) is 48.6 Å². The molecule has 1 N–H and O–H groups in total. The number of rotatable bonds is 6. The number of hydrogen-bond donors (Lipinski definition) is 1. The zero-order valence-corrected chi connectivity index (χ0v) is 14.6. The first-order valence-corrected chi connectivity index (χ1v) is 8.66. The van der Waals surface area contributed by atoms with Crippen molar-refractivity contribution in [1.29, 1.82) is 0 Å². The molecule has 4 heteroatoms. The summed E-state index contributed by atoms with van der Waals surface area (Å²) in [5, 5.41) is 2.99. The number of carbonyl (C=O) groups excluding carboxylic acids is 1. The van der Waals surface area contributed by atoms with E-state index in [1.165, 1.54) is 21.2 Å². The van der Waals surface area contributed by atoms with Crippen molar-refractivity contribution in [3.05, 3.63) is 33.3 Å². The highest BCUT2D eigenvalue weighted by Crippen LogP contribution is 2.26. The summed E-state index contributed by atoms with van der Waals surface area (Å²) in [7, 11) is 0. The van der Waals surface area contributed by atoms with Crippen LogP contribution in [-0.2, 0) is 17.8 Å². The van der Waals surface area contributed by atoms with E-state index in [9.17, 15) is 4.79 Å². The third kappa shape index (κ3) is 4.82. The topological polar surface area (TPSA) is 32.3 Å². The fourth-order valence-electron chi connectivity index (χ4n) is 2.82. The van der Waals surface area contributed by atoms with Crippen molar-refractivity contribution < 1.29 is 4.79 Å². The van der Waals surface area contributed by atoms with E-state index in [1.807, 2.05) is 0 Å². The number of carbonyl (C=O) groups is 1. The second-order valence-electron chi connectivity index (χ2n) is 5.84. The molecule has 3 nitrogen and oxygen atoms in total. The number of unbranched alkanes of at least 4 members (excludes halogenated alkanes) is 1. The number of nitrogens with one attached hydrogen (secondary N) is 1. The van der Waals surface area contributed by atoms with Gasteiger partial charge in [0.05, 0.1) is 0 Å². The molecule has 1 aromatic carbocycles. The lowest BCUT2D eigenvalue weighted by molar-refractivity contribution is -0.121. The SMILES string of the molecule is CCCCNC(=O)CCN1CCc2cc(Br)cc(C)c2C1. The number of nitrogens with zero attached hydrogens (tertiary/aromatic N) is 1. The van der Waals surface area contributed by atoms with Crippen LogP contribution in [0.15, 0.2) is 16.6 Å². The maximum Gasteiger partial charge on any atom is 0.221 e. The first-order chi connectivity index (χ1) is 10.1. The largest absolute Gasteiger partial charge is 0.356 e. The highest BCUT2D eigenvalue weighted by Gasteiger charge is 2.18. The number of benzene rings is 1. The summed E-state index contributed by atoms with van der Waals surface area (Å²) in [4.78, 5) is 14.2. The molecule has 0 atom stereocenters. The molecule has 0 fully saturated rings. The molecule has 116 valence electrons. The summed E-state index contributed by atoms with van der Waals surface area (Å²) in [5.74, 6) is 0.182. The third-order valence-electron chi connectivity index (χ3n) is 4.12. The Hall–Kier alpha value is -0.870. The predicted molar refractivity (Wildman–Crippen MR) is 90.4 cm³/mol. The molecule has 1 aliphatic rings. The van der Waals surface area contributed by atoms with Gasteiger partial charge >= 0.3 is 0 Å². The molecule has 0 saturated carbocycles. The van der Waals surface area contributed by atoms with Gasteiger partial charge in [0.25, 0.3) is 0 Å². The van der Waals surface area contributed by atoms with Crippen LogP contribution < -0.4 is 5.32 Å². The van der Waals surface area contributed by atoms with Gasteiger partial charge in [0.2, 0.25) is 5.91 Å². The van der Waals surface area contributed by atoms with Crippen LogP contribution in [0.4, 0.5) is 0 Å². The van der Waals surface area contributed by atoms with Crippen LogP contribution in [0.5, 0.6) is 0 Å². The molecule has 2 rings (SSSR count). The summed E-state index contributed by atoms with van der Waals surface area (Å²) in [6.07, 6.45) is 3.87. The Labute approximate surface area is 136 Å². The smallest absolute Gasteiger partial charge is 0.221 e.